The number of carbonyl (C=O) groups is 3. The fourth-order valence-corrected chi connectivity index (χ4v) is 4.67. The largest absolute Gasteiger partial charge is 0.488 e. The predicted octanol–water partition coefficient (Wildman–Crippen LogP) is 2.00. The molecule has 1 N–H and O–H groups in total. The van der Waals surface area contributed by atoms with Gasteiger partial charge in [0.2, 0.25) is 11.8 Å². The first-order valence-electron chi connectivity index (χ1n) is 11.5. The van der Waals surface area contributed by atoms with Gasteiger partial charge < -0.3 is 14.4 Å². The van der Waals surface area contributed by atoms with Crippen LogP contribution in [0.15, 0.2) is 36.4 Å². The van der Waals surface area contributed by atoms with Gasteiger partial charge in [-0.05, 0) is 30.2 Å². The molecule has 3 aliphatic rings. The Balaban J connectivity index is 1.26. The highest BCUT2D eigenvalue weighted by Gasteiger charge is 2.40. The molecule has 9 heteroatoms. The molecule has 5 rings (SSSR count). The molecular formula is C25H26FN3O5. The normalized spacial score (nSPS) is 20.9. The zero-order chi connectivity index (χ0) is 23.7. The second-order valence-corrected chi connectivity index (χ2v) is 8.79. The maximum absolute atomic E-state index is 14.8. The number of imide groups is 1. The number of hydrogen-bond donors (Lipinski definition) is 1. The van der Waals surface area contributed by atoms with Crippen LogP contribution in [0, 0.1) is 5.82 Å². The molecule has 1 unspecified atom stereocenters. The van der Waals surface area contributed by atoms with Crippen molar-refractivity contribution in [2.24, 2.45) is 0 Å². The molecular weight excluding hydrogens is 441 g/mol. The maximum Gasteiger partial charge on any atom is 0.255 e. The second kappa shape index (κ2) is 9.52. The Kier molecular flexibility index (Phi) is 6.30. The molecule has 0 bridgehead atoms. The number of fused-ring (bicyclic) bond motifs is 1. The van der Waals surface area contributed by atoms with Crippen molar-refractivity contribution < 1.29 is 28.2 Å². The lowest BCUT2D eigenvalue weighted by atomic mass is 10.0. The van der Waals surface area contributed by atoms with Gasteiger partial charge in [-0.15, -0.1) is 0 Å². The van der Waals surface area contributed by atoms with Crippen molar-refractivity contribution in [1.29, 1.82) is 0 Å². The lowest BCUT2D eigenvalue weighted by molar-refractivity contribution is -0.136. The van der Waals surface area contributed by atoms with Crippen LogP contribution in [0.2, 0.25) is 0 Å². The third-order valence-corrected chi connectivity index (χ3v) is 6.55. The average molecular weight is 467 g/mol. The first kappa shape index (κ1) is 22.5. The molecule has 3 aliphatic heterocycles. The number of ether oxygens (including phenoxy) is 2. The predicted molar refractivity (Wildman–Crippen MR) is 119 cm³/mol. The molecule has 1 atom stereocenters. The Morgan fingerprint density at radius 3 is 2.71 bits per heavy atom. The highest BCUT2D eigenvalue weighted by molar-refractivity contribution is 6.05. The number of rotatable bonds is 6. The minimum absolute atomic E-state index is 0.0206. The van der Waals surface area contributed by atoms with Gasteiger partial charge in [0.15, 0.2) is 0 Å². The number of piperidine rings is 1. The van der Waals surface area contributed by atoms with E-state index in [1.807, 2.05) is 6.07 Å². The number of benzene rings is 2. The van der Waals surface area contributed by atoms with Gasteiger partial charge in [-0.2, -0.15) is 0 Å². The Morgan fingerprint density at radius 2 is 1.94 bits per heavy atom. The third-order valence-electron chi connectivity index (χ3n) is 6.55. The zero-order valence-corrected chi connectivity index (χ0v) is 18.7. The van der Waals surface area contributed by atoms with Crippen molar-refractivity contribution >= 4 is 17.7 Å². The SMILES string of the molecule is O=C1CCC(N2Cc3c(OCc4ccc(CN5CCOCC5)cc4F)cccc3C2=O)C(=O)N1. The summed E-state index contributed by atoms with van der Waals surface area (Å²) in [6.45, 7) is 3.95. The zero-order valence-electron chi connectivity index (χ0n) is 18.7. The number of halogens is 1. The third kappa shape index (κ3) is 4.53. The minimum Gasteiger partial charge on any atom is -0.488 e. The van der Waals surface area contributed by atoms with E-state index in [2.05, 4.69) is 10.2 Å². The van der Waals surface area contributed by atoms with Gasteiger partial charge in [-0.25, -0.2) is 4.39 Å². The smallest absolute Gasteiger partial charge is 0.255 e. The molecule has 2 aromatic rings. The molecule has 0 spiro atoms. The van der Waals surface area contributed by atoms with Crippen molar-refractivity contribution in [2.45, 2.75) is 38.6 Å². The van der Waals surface area contributed by atoms with E-state index in [0.717, 1.165) is 18.7 Å². The van der Waals surface area contributed by atoms with Crippen molar-refractivity contribution in [3.05, 3.63) is 64.5 Å². The molecule has 2 aromatic carbocycles. The highest BCUT2D eigenvalue weighted by atomic mass is 19.1. The van der Waals surface area contributed by atoms with Crippen LogP contribution in [-0.2, 0) is 34.0 Å². The standard InChI is InChI=1S/C25H26FN3O5/c26-20-12-16(13-28-8-10-33-11-9-28)4-5-17(20)15-34-22-3-1-2-18-19(22)14-29(25(18)32)21-6-7-23(30)27-24(21)31/h1-5,12,21H,6-11,13-15H2,(H,27,30,31). The average Bonchev–Trinajstić information content (AvgIpc) is 3.16. The Morgan fingerprint density at radius 1 is 1.12 bits per heavy atom. The molecule has 0 saturated carbocycles. The summed E-state index contributed by atoms with van der Waals surface area (Å²) in [6.07, 6.45) is 0.489. The summed E-state index contributed by atoms with van der Waals surface area (Å²) in [5.41, 5.74) is 2.45. The monoisotopic (exact) mass is 467 g/mol. The molecule has 3 heterocycles. The Labute approximate surface area is 196 Å². The summed E-state index contributed by atoms with van der Waals surface area (Å²) in [6, 6.07) is 9.62. The summed E-state index contributed by atoms with van der Waals surface area (Å²) < 4.78 is 26.1. The van der Waals surface area contributed by atoms with Crippen molar-refractivity contribution in [2.75, 3.05) is 26.3 Å². The first-order valence-corrected chi connectivity index (χ1v) is 11.5. The van der Waals surface area contributed by atoms with Crippen molar-refractivity contribution in [3.8, 4) is 5.75 Å². The number of nitrogens with zero attached hydrogens (tertiary/aromatic N) is 2. The fourth-order valence-electron chi connectivity index (χ4n) is 4.67. The highest BCUT2D eigenvalue weighted by Crippen LogP contribution is 2.34. The van der Waals surface area contributed by atoms with Crippen LogP contribution in [0.1, 0.15) is 39.9 Å². The van der Waals surface area contributed by atoms with Gasteiger partial charge in [0, 0.05) is 42.7 Å². The Hall–Kier alpha value is -3.30. The molecule has 8 nitrogen and oxygen atoms in total. The number of morpholine rings is 1. The summed E-state index contributed by atoms with van der Waals surface area (Å²) in [4.78, 5) is 40.4. The van der Waals surface area contributed by atoms with Crippen LogP contribution in [0.5, 0.6) is 5.75 Å². The van der Waals surface area contributed by atoms with Crippen LogP contribution in [0.25, 0.3) is 0 Å². The van der Waals surface area contributed by atoms with E-state index < -0.39 is 11.9 Å². The van der Waals surface area contributed by atoms with Gasteiger partial charge in [-0.1, -0.05) is 18.2 Å². The van der Waals surface area contributed by atoms with E-state index >= 15 is 0 Å². The summed E-state index contributed by atoms with van der Waals surface area (Å²) >= 11 is 0. The lowest BCUT2D eigenvalue weighted by Gasteiger charge is -2.29. The van der Waals surface area contributed by atoms with E-state index in [1.54, 1.807) is 24.3 Å². The summed E-state index contributed by atoms with van der Waals surface area (Å²) in [7, 11) is 0. The van der Waals surface area contributed by atoms with E-state index in [-0.39, 0.29) is 37.2 Å². The number of nitrogens with one attached hydrogen (secondary N) is 1. The van der Waals surface area contributed by atoms with Crippen LogP contribution < -0.4 is 10.1 Å². The number of amides is 3. The van der Waals surface area contributed by atoms with E-state index in [9.17, 15) is 18.8 Å². The van der Waals surface area contributed by atoms with Crippen LogP contribution in [0.3, 0.4) is 0 Å². The van der Waals surface area contributed by atoms with Gasteiger partial charge in [0.25, 0.3) is 5.91 Å². The lowest BCUT2D eigenvalue weighted by Crippen LogP contribution is -2.52. The molecule has 2 saturated heterocycles. The minimum atomic E-state index is -0.693. The molecule has 34 heavy (non-hydrogen) atoms. The maximum atomic E-state index is 14.8. The molecule has 0 radical (unpaired) electrons. The van der Waals surface area contributed by atoms with Crippen LogP contribution in [0.4, 0.5) is 4.39 Å². The first-order chi connectivity index (χ1) is 16.5. The van der Waals surface area contributed by atoms with Gasteiger partial charge in [-0.3, -0.25) is 24.6 Å². The van der Waals surface area contributed by atoms with Crippen LogP contribution >= 0.6 is 0 Å². The van der Waals surface area contributed by atoms with Crippen molar-refractivity contribution in [3.63, 3.8) is 0 Å². The van der Waals surface area contributed by atoms with E-state index in [1.165, 1.54) is 11.0 Å². The fraction of sp³-hybridized carbons (Fsp3) is 0.400. The molecule has 3 amide bonds. The number of carbonyl (C=O) groups excluding carboxylic acids is 3. The summed E-state index contributed by atoms with van der Waals surface area (Å²) in [5, 5.41) is 2.30. The number of hydrogen-bond acceptors (Lipinski definition) is 6. The quantitative estimate of drug-likeness (QED) is 0.654. The van der Waals surface area contributed by atoms with Gasteiger partial charge >= 0.3 is 0 Å². The Bertz CT molecular complexity index is 1130. The second-order valence-electron chi connectivity index (χ2n) is 8.79. The van der Waals surface area contributed by atoms with E-state index in [0.29, 0.717) is 48.6 Å². The molecule has 0 aromatic heterocycles. The van der Waals surface area contributed by atoms with Crippen molar-refractivity contribution in [1.82, 2.24) is 15.1 Å². The molecule has 178 valence electrons. The topological polar surface area (TPSA) is 88.2 Å². The molecule has 0 aliphatic carbocycles. The summed E-state index contributed by atoms with van der Waals surface area (Å²) in [5.74, 6) is -0.905. The van der Waals surface area contributed by atoms with E-state index in [4.69, 9.17) is 9.47 Å². The van der Waals surface area contributed by atoms with Crippen LogP contribution in [-0.4, -0.2) is 59.9 Å². The van der Waals surface area contributed by atoms with Gasteiger partial charge in [0.1, 0.15) is 24.2 Å². The van der Waals surface area contributed by atoms with Gasteiger partial charge in [0.05, 0.1) is 19.8 Å². The molecule has 2 fully saturated rings.